The summed E-state index contributed by atoms with van der Waals surface area (Å²) in [5, 5.41) is 59.3. The van der Waals surface area contributed by atoms with Gasteiger partial charge in [-0.25, -0.2) is 0 Å². The third-order valence-electron chi connectivity index (χ3n) is 7.57. The molecule has 0 saturated carbocycles. The molecule has 0 spiro atoms. The summed E-state index contributed by atoms with van der Waals surface area (Å²) in [6.07, 6.45) is 0. The molecule has 6 N–H and O–H groups in total. The molecule has 0 heterocycles. The maximum absolute atomic E-state index is 10.7. The second-order valence-corrected chi connectivity index (χ2v) is 10.6. The summed E-state index contributed by atoms with van der Waals surface area (Å²) in [7, 11) is 3.09. The first-order chi connectivity index (χ1) is 15.1. The molecule has 10 heteroatoms. The van der Waals surface area contributed by atoms with Crippen LogP contribution in [0.15, 0.2) is 0 Å². The quantitative estimate of drug-likeness (QED) is 0.151. The zero-order valence-electron chi connectivity index (χ0n) is 21.7. The Kier molecular flexibility index (Phi) is 12.4. The first kappa shape index (κ1) is 32.6. The number of rotatable bonds is 18. The average Bonchev–Trinajstić information content (AvgIpc) is 2.79. The number of hydrogen-bond donors (Lipinski definition) is 6. The normalized spacial score (nSPS) is 14.7. The molecule has 0 aliphatic rings. The van der Waals surface area contributed by atoms with E-state index in [2.05, 4.69) is 0 Å². The number of methoxy groups -OCH3 is 2. The van der Waals surface area contributed by atoms with Gasteiger partial charge >= 0.3 is 0 Å². The molecule has 0 fully saturated rings. The van der Waals surface area contributed by atoms with Gasteiger partial charge in [0.15, 0.2) is 0 Å². The van der Waals surface area contributed by atoms with E-state index in [0.717, 1.165) is 0 Å². The van der Waals surface area contributed by atoms with Crippen molar-refractivity contribution in [3.05, 3.63) is 0 Å². The van der Waals surface area contributed by atoms with E-state index in [0.29, 0.717) is 0 Å². The third kappa shape index (κ3) is 6.43. The highest BCUT2D eigenvalue weighted by atomic mass is 16.5. The summed E-state index contributed by atoms with van der Waals surface area (Å²) in [5.74, 6) is 0. The molecule has 0 aliphatic heterocycles. The summed E-state index contributed by atoms with van der Waals surface area (Å²) >= 11 is 0. The molecule has 0 radical (unpaired) electrons. The first-order valence-corrected chi connectivity index (χ1v) is 11.1. The van der Waals surface area contributed by atoms with Crippen molar-refractivity contribution in [2.45, 2.75) is 58.3 Å². The van der Waals surface area contributed by atoms with E-state index in [-0.39, 0.29) is 26.4 Å². The SMILES string of the molecule is COC(C)(C)C(CO)(C(C)(C)OC)C(C)(C)OCC(CO)(CO)COCC(CO)(CO)CO. The summed E-state index contributed by atoms with van der Waals surface area (Å²) in [6.45, 7) is 7.67. The van der Waals surface area contributed by atoms with E-state index in [1.54, 1.807) is 28.1 Å². The standard InChI is InChI=1S/C23H48O10/c1-18(2,30-7)23(14-29,19(3,4)31-8)20(5,6)33-17-22(12-27,13-28)16-32-15-21(9-24,10-25)11-26/h24-29H,9-17H2,1-8H3. The maximum Gasteiger partial charge on any atom is 0.0786 e. The lowest BCUT2D eigenvalue weighted by molar-refractivity contribution is -0.294. The predicted octanol–water partition coefficient (Wildman–Crippen LogP) is -0.439. The van der Waals surface area contributed by atoms with Gasteiger partial charge in [0.1, 0.15) is 0 Å². The number of hydrogen-bond acceptors (Lipinski definition) is 10. The molecular weight excluding hydrogens is 436 g/mol. The van der Waals surface area contributed by atoms with Gasteiger partial charge in [0.05, 0.1) is 92.5 Å². The molecule has 0 aromatic heterocycles. The van der Waals surface area contributed by atoms with Gasteiger partial charge < -0.3 is 49.6 Å². The van der Waals surface area contributed by atoms with Crippen LogP contribution < -0.4 is 0 Å². The topological polar surface area (TPSA) is 158 Å². The van der Waals surface area contributed by atoms with Crippen molar-refractivity contribution in [1.29, 1.82) is 0 Å². The highest BCUT2D eigenvalue weighted by molar-refractivity contribution is 5.13. The Balaban J connectivity index is 5.92. The Labute approximate surface area is 198 Å². The summed E-state index contributed by atoms with van der Waals surface area (Å²) in [6, 6.07) is 0. The fourth-order valence-electron chi connectivity index (χ4n) is 4.60. The lowest BCUT2D eigenvalue weighted by atomic mass is 9.55. The van der Waals surface area contributed by atoms with Crippen LogP contribution >= 0.6 is 0 Å². The van der Waals surface area contributed by atoms with E-state index in [9.17, 15) is 30.6 Å². The Morgan fingerprint density at radius 1 is 0.485 bits per heavy atom. The molecule has 0 rings (SSSR count). The van der Waals surface area contributed by atoms with E-state index < -0.39 is 66.1 Å². The van der Waals surface area contributed by atoms with Gasteiger partial charge in [0, 0.05) is 14.2 Å². The number of aliphatic hydroxyl groups excluding tert-OH is 6. The van der Waals surface area contributed by atoms with Gasteiger partial charge in [0.2, 0.25) is 0 Å². The Morgan fingerprint density at radius 3 is 1.15 bits per heavy atom. The van der Waals surface area contributed by atoms with Crippen LogP contribution in [0, 0.1) is 16.2 Å². The monoisotopic (exact) mass is 484 g/mol. The minimum atomic E-state index is -1.24. The predicted molar refractivity (Wildman–Crippen MR) is 123 cm³/mol. The van der Waals surface area contributed by atoms with Crippen LogP contribution in [0.5, 0.6) is 0 Å². The minimum absolute atomic E-state index is 0.140. The number of ether oxygens (including phenoxy) is 4. The Hall–Kier alpha value is -0.400. The molecule has 0 unspecified atom stereocenters. The molecule has 200 valence electrons. The van der Waals surface area contributed by atoms with Crippen LogP contribution in [0.3, 0.4) is 0 Å². The van der Waals surface area contributed by atoms with Crippen LogP contribution in [0.2, 0.25) is 0 Å². The van der Waals surface area contributed by atoms with Crippen LogP contribution in [0.4, 0.5) is 0 Å². The lowest BCUT2D eigenvalue weighted by Crippen LogP contribution is -2.71. The van der Waals surface area contributed by atoms with Crippen LogP contribution in [-0.2, 0) is 18.9 Å². The lowest BCUT2D eigenvalue weighted by Gasteiger charge is -2.60. The van der Waals surface area contributed by atoms with Gasteiger partial charge in [-0.3, -0.25) is 0 Å². The summed E-state index contributed by atoms with van der Waals surface area (Å²) in [4.78, 5) is 0. The maximum atomic E-state index is 10.7. The highest BCUT2D eigenvalue weighted by Crippen LogP contribution is 2.54. The van der Waals surface area contributed by atoms with Gasteiger partial charge in [-0.15, -0.1) is 0 Å². The van der Waals surface area contributed by atoms with Gasteiger partial charge in [-0.1, -0.05) is 0 Å². The van der Waals surface area contributed by atoms with Crippen molar-refractivity contribution in [2.75, 3.05) is 73.7 Å². The van der Waals surface area contributed by atoms with E-state index in [1.165, 1.54) is 0 Å². The molecule has 10 nitrogen and oxygen atoms in total. The second kappa shape index (κ2) is 12.5. The summed E-state index contributed by atoms with van der Waals surface area (Å²) in [5.41, 5.74) is -6.46. The van der Waals surface area contributed by atoms with Crippen molar-refractivity contribution in [1.82, 2.24) is 0 Å². The van der Waals surface area contributed by atoms with Crippen molar-refractivity contribution in [2.24, 2.45) is 16.2 Å². The minimum Gasteiger partial charge on any atom is -0.396 e. The van der Waals surface area contributed by atoms with Crippen molar-refractivity contribution < 1.29 is 49.6 Å². The largest absolute Gasteiger partial charge is 0.396 e. The van der Waals surface area contributed by atoms with Gasteiger partial charge in [0.25, 0.3) is 0 Å². The number of aliphatic hydroxyl groups is 6. The van der Waals surface area contributed by atoms with Crippen LogP contribution in [-0.4, -0.2) is 121 Å². The average molecular weight is 485 g/mol. The van der Waals surface area contributed by atoms with E-state index >= 15 is 0 Å². The molecule has 0 saturated heterocycles. The molecule has 33 heavy (non-hydrogen) atoms. The van der Waals surface area contributed by atoms with Gasteiger partial charge in [-0.2, -0.15) is 0 Å². The Bertz CT molecular complexity index is 529. The van der Waals surface area contributed by atoms with Crippen LogP contribution in [0.25, 0.3) is 0 Å². The third-order valence-corrected chi connectivity index (χ3v) is 7.57. The fraction of sp³-hybridized carbons (Fsp3) is 1.00. The molecule has 0 bridgehead atoms. The van der Waals surface area contributed by atoms with Crippen molar-refractivity contribution in [3.8, 4) is 0 Å². The van der Waals surface area contributed by atoms with E-state index in [4.69, 9.17) is 18.9 Å². The van der Waals surface area contributed by atoms with Crippen molar-refractivity contribution >= 4 is 0 Å². The van der Waals surface area contributed by atoms with Crippen molar-refractivity contribution in [3.63, 3.8) is 0 Å². The summed E-state index contributed by atoms with van der Waals surface area (Å²) < 4.78 is 23.5. The second-order valence-electron chi connectivity index (χ2n) is 10.6. The zero-order valence-corrected chi connectivity index (χ0v) is 21.7. The molecule has 0 atom stereocenters. The van der Waals surface area contributed by atoms with Gasteiger partial charge in [-0.05, 0) is 41.5 Å². The molecule has 0 aromatic rings. The molecule has 0 aromatic carbocycles. The fourth-order valence-corrected chi connectivity index (χ4v) is 4.60. The molecule has 0 aliphatic carbocycles. The molecular formula is C23H48O10. The first-order valence-electron chi connectivity index (χ1n) is 11.1. The zero-order chi connectivity index (χ0) is 26.2. The Morgan fingerprint density at radius 2 is 0.848 bits per heavy atom. The smallest absolute Gasteiger partial charge is 0.0786 e. The molecule has 0 amide bonds. The van der Waals surface area contributed by atoms with E-state index in [1.807, 2.05) is 27.7 Å². The highest BCUT2D eigenvalue weighted by Gasteiger charge is 2.65. The van der Waals surface area contributed by atoms with Crippen LogP contribution in [0.1, 0.15) is 41.5 Å².